The third-order valence-electron chi connectivity index (χ3n) is 3.33. The van der Waals surface area contributed by atoms with Gasteiger partial charge in [-0.2, -0.15) is 0 Å². The summed E-state index contributed by atoms with van der Waals surface area (Å²) < 4.78 is 5.26. The van der Waals surface area contributed by atoms with Crippen LogP contribution in [0.1, 0.15) is 15.2 Å². The largest absolute Gasteiger partial charge is 0.397 e. The number of nitrogens with two attached hydrogens (primary N) is 1. The van der Waals surface area contributed by atoms with Gasteiger partial charge >= 0.3 is 0 Å². The van der Waals surface area contributed by atoms with E-state index in [0.29, 0.717) is 36.9 Å². The predicted octanol–water partition coefficient (Wildman–Crippen LogP) is 1.66. The Morgan fingerprint density at radius 1 is 1.47 bits per heavy atom. The van der Waals surface area contributed by atoms with Crippen LogP contribution >= 0.6 is 11.3 Å². The number of aromatic nitrogens is 1. The van der Waals surface area contributed by atoms with Crippen LogP contribution in [0.25, 0.3) is 10.2 Å². The summed E-state index contributed by atoms with van der Waals surface area (Å²) in [4.78, 5) is 20.0. The number of anilines is 1. The summed E-state index contributed by atoms with van der Waals surface area (Å²) in [6.45, 7) is 4.41. The van der Waals surface area contributed by atoms with E-state index in [0.717, 1.165) is 15.8 Å². The number of carbonyl (C=O) groups is 1. The van der Waals surface area contributed by atoms with E-state index < -0.39 is 0 Å². The van der Waals surface area contributed by atoms with E-state index in [1.807, 2.05) is 13.0 Å². The van der Waals surface area contributed by atoms with Crippen molar-refractivity contribution in [3.05, 3.63) is 22.7 Å². The number of amides is 1. The minimum Gasteiger partial charge on any atom is -0.397 e. The molecule has 1 aliphatic rings. The van der Waals surface area contributed by atoms with Crippen LogP contribution in [0, 0.1) is 6.92 Å². The molecule has 1 fully saturated rings. The molecule has 2 aromatic rings. The molecule has 0 saturated carbocycles. The Kier molecular flexibility index (Phi) is 3.12. The monoisotopic (exact) mass is 277 g/mol. The Hall–Kier alpha value is -1.66. The van der Waals surface area contributed by atoms with E-state index >= 15 is 0 Å². The predicted molar refractivity (Wildman–Crippen MR) is 75.5 cm³/mol. The molecule has 2 N–H and O–H groups in total. The summed E-state index contributed by atoms with van der Waals surface area (Å²) in [6.07, 6.45) is 1.75. The van der Waals surface area contributed by atoms with Crippen LogP contribution in [0.3, 0.4) is 0 Å². The highest BCUT2D eigenvalue weighted by Gasteiger charge is 2.24. The summed E-state index contributed by atoms with van der Waals surface area (Å²) in [7, 11) is 0. The van der Waals surface area contributed by atoms with Gasteiger partial charge < -0.3 is 15.4 Å². The molecule has 1 saturated heterocycles. The lowest BCUT2D eigenvalue weighted by Crippen LogP contribution is -2.40. The van der Waals surface area contributed by atoms with Crippen molar-refractivity contribution in [2.45, 2.75) is 6.92 Å². The quantitative estimate of drug-likeness (QED) is 0.860. The minimum absolute atomic E-state index is 0.0109. The lowest BCUT2D eigenvalue weighted by atomic mass is 10.1. The number of rotatable bonds is 1. The first-order valence-corrected chi connectivity index (χ1v) is 7.00. The number of thiophene rings is 1. The molecule has 1 amide bonds. The van der Waals surface area contributed by atoms with Gasteiger partial charge in [-0.3, -0.25) is 4.79 Å². The SMILES string of the molecule is Cc1ccnc2sc(C(=O)N3CCOCC3)c(N)c12. The van der Waals surface area contributed by atoms with Crippen LogP contribution in [0.2, 0.25) is 0 Å². The van der Waals surface area contributed by atoms with Gasteiger partial charge in [0.25, 0.3) is 5.91 Å². The number of ether oxygens (including phenoxy) is 1. The molecule has 0 spiro atoms. The minimum atomic E-state index is -0.0109. The average Bonchev–Trinajstić information content (AvgIpc) is 2.78. The maximum absolute atomic E-state index is 12.5. The number of nitrogen functional groups attached to an aromatic ring is 1. The van der Waals surface area contributed by atoms with Gasteiger partial charge in [-0.15, -0.1) is 11.3 Å². The van der Waals surface area contributed by atoms with Crippen LogP contribution < -0.4 is 5.73 Å². The molecule has 100 valence electrons. The Balaban J connectivity index is 2.03. The number of morpholine rings is 1. The van der Waals surface area contributed by atoms with Crippen molar-refractivity contribution in [2.75, 3.05) is 32.0 Å². The first-order valence-electron chi connectivity index (χ1n) is 6.19. The van der Waals surface area contributed by atoms with Gasteiger partial charge in [0, 0.05) is 24.7 Å². The smallest absolute Gasteiger partial charge is 0.266 e. The van der Waals surface area contributed by atoms with Crippen molar-refractivity contribution in [2.24, 2.45) is 0 Å². The lowest BCUT2D eigenvalue weighted by Gasteiger charge is -2.26. The fraction of sp³-hybridized carbons (Fsp3) is 0.385. The molecule has 19 heavy (non-hydrogen) atoms. The van der Waals surface area contributed by atoms with Crippen molar-refractivity contribution in [3.8, 4) is 0 Å². The highest BCUT2D eigenvalue weighted by molar-refractivity contribution is 7.21. The van der Waals surface area contributed by atoms with Crippen LogP contribution in [0.5, 0.6) is 0 Å². The second-order valence-electron chi connectivity index (χ2n) is 4.56. The Morgan fingerprint density at radius 3 is 2.89 bits per heavy atom. The molecule has 5 nitrogen and oxygen atoms in total. The zero-order valence-electron chi connectivity index (χ0n) is 10.7. The van der Waals surface area contributed by atoms with Gasteiger partial charge in [0.1, 0.15) is 9.71 Å². The fourth-order valence-electron chi connectivity index (χ4n) is 2.27. The molecule has 0 radical (unpaired) electrons. The second-order valence-corrected chi connectivity index (χ2v) is 5.56. The van der Waals surface area contributed by atoms with E-state index in [9.17, 15) is 4.79 Å². The molecular weight excluding hydrogens is 262 g/mol. The van der Waals surface area contributed by atoms with Gasteiger partial charge in [-0.05, 0) is 18.6 Å². The van der Waals surface area contributed by atoms with Crippen molar-refractivity contribution >= 4 is 33.1 Å². The van der Waals surface area contributed by atoms with Crippen LogP contribution in [0.15, 0.2) is 12.3 Å². The molecule has 3 rings (SSSR count). The average molecular weight is 277 g/mol. The third kappa shape index (κ3) is 2.06. The molecular formula is C13H15N3O2S. The van der Waals surface area contributed by atoms with E-state index in [1.165, 1.54) is 11.3 Å². The molecule has 3 heterocycles. The van der Waals surface area contributed by atoms with Crippen LogP contribution in [0.4, 0.5) is 5.69 Å². The molecule has 0 atom stereocenters. The summed E-state index contributed by atoms with van der Waals surface area (Å²) in [6, 6.07) is 1.91. The van der Waals surface area contributed by atoms with Crippen molar-refractivity contribution in [1.29, 1.82) is 0 Å². The molecule has 0 unspecified atom stereocenters. The number of fused-ring (bicyclic) bond motifs is 1. The Bertz CT molecular complexity index is 632. The summed E-state index contributed by atoms with van der Waals surface area (Å²) >= 11 is 1.37. The molecule has 0 bridgehead atoms. The number of nitrogens with zero attached hydrogens (tertiary/aromatic N) is 2. The van der Waals surface area contributed by atoms with Gasteiger partial charge in [0.2, 0.25) is 0 Å². The maximum atomic E-state index is 12.5. The number of pyridine rings is 1. The van der Waals surface area contributed by atoms with Crippen LogP contribution in [-0.2, 0) is 4.74 Å². The molecule has 0 aliphatic carbocycles. The lowest BCUT2D eigenvalue weighted by molar-refractivity contribution is 0.0307. The van der Waals surface area contributed by atoms with Gasteiger partial charge in [-0.25, -0.2) is 4.98 Å². The van der Waals surface area contributed by atoms with Gasteiger partial charge in [0.05, 0.1) is 18.9 Å². The van der Waals surface area contributed by atoms with Gasteiger partial charge in [0.15, 0.2) is 0 Å². The van der Waals surface area contributed by atoms with Gasteiger partial charge in [-0.1, -0.05) is 0 Å². The van der Waals surface area contributed by atoms with E-state index in [1.54, 1.807) is 11.1 Å². The first kappa shape index (κ1) is 12.4. The third-order valence-corrected chi connectivity index (χ3v) is 4.43. The summed E-state index contributed by atoms with van der Waals surface area (Å²) in [5.74, 6) is -0.0109. The Labute approximate surface area is 115 Å². The number of hydrogen-bond donors (Lipinski definition) is 1. The highest BCUT2D eigenvalue weighted by atomic mass is 32.1. The zero-order chi connectivity index (χ0) is 13.4. The standard InChI is InChI=1S/C13H15N3O2S/c1-8-2-3-15-12-9(8)10(14)11(19-12)13(17)16-4-6-18-7-5-16/h2-3H,4-7,14H2,1H3. The Morgan fingerprint density at radius 2 is 2.21 bits per heavy atom. The number of hydrogen-bond acceptors (Lipinski definition) is 5. The van der Waals surface area contributed by atoms with E-state index in [-0.39, 0.29) is 5.91 Å². The van der Waals surface area contributed by atoms with E-state index in [2.05, 4.69) is 4.98 Å². The summed E-state index contributed by atoms with van der Waals surface area (Å²) in [5.41, 5.74) is 7.75. The highest BCUT2D eigenvalue weighted by Crippen LogP contribution is 2.35. The second kappa shape index (κ2) is 4.79. The number of carbonyl (C=O) groups excluding carboxylic acids is 1. The fourth-order valence-corrected chi connectivity index (χ4v) is 3.38. The topological polar surface area (TPSA) is 68.5 Å². The molecule has 2 aromatic heterocycles. The normalized spacial score (nSPS) is 15.9. The van der Waals surface area contributed by atoms with Crippen LogP contribution in [-0.4, -0.2) is 42.1 Å². The molecule has 6 heteroatoms. The van der Waals surface area contributed by atoms with Crippen molar-refractivity contribution < 1.29 is 9.53 Å². The zero-order valence-corrected chi connectivity index (χ0v) is 11.5. The summed E-state index contributed by atoms with van der Waals surface area (Å²) in [5, 5.41) is 0.907. The van der Waals surface area contributed by atoms with Crippen molar-refractivity contribution in [1.82, 2.24) is 9.88 Å². The molecule has 0 aromatic carbocycles. The molecule has 1 aliphatic heterocycles. The van der Waals surface area contributed by atoms with Crippen molar-refractivity contribution in [3.63, 3.8) is 0 Å². The first-order chi connectivity index (χ1) is 9.18. The number of aryl methyl sites for hydroxylation is 1. The maximum Gasteiger partial charge on any atom is 0.266 e. The van der Waals surface area contributed by atoms with E-state index in [4.69, 9.17) is 10.5 Å².